The number of morpholine rings is 1. The van der Waals surface area contributed by atoms with Crippen LogP contribution in [0.3, 0.4) is 0 Å². The molecule has 0 spiro atoms. The Labute approximate surface area is 128 Å². The monoisotopic (exact) mass is 312 g/mol. The van der Waals surface area contributed by atoms with Crippen molar-refractivity contribution in [3.8, 4) is 0 Å². The molecule has 1 aromatic rings. The number of thioether (sulfide) groups is 1. The van der Waals surface area contributed by atoms with Crippen molar-refractivity contribution >= 4 is 23.6 Å². The molecule has 1 aliphatic heterocycles. The van der Waals surface area contributed by atoms with E-state index in [0.29, 0.717) is 32.7 Å². The van der Waals surface area contributed by atoms with Gasteiger partial charge in [0.2, 0.25) is 5.91 Å². The molecule has 6 nitrogen and oxygen atoms in total. The Bertz CT molecular complexity index is 458. The fraction of sp³-hybridized carbons (Fsp3) is 0.571. The highest BCUT2D eigenvalue weighted by molar-refractivity contribution is 7.98. The number of hydrogen-bond acceptors (Lipinski definition) is 5. The van der Waals surface area contributed by atoms with E-state index in [1.54, 1.807) is 28.8 Å². The zero-order chi connectivity index (χ0) is 15.1. The van der Waals surface area contributed by atoms with Crippen molar-refractivity contribution in [2.75, 3.05) is 38.3 Å². The molecule has 2 heterocycles. The number of ether oxygens (including phenoxy) is 1. The molecule has 1 N–H and O–H groups in total. The maximum absolute atomic E-state index is 12.5. The molecule has 0 unspecified atom stereocenters. The van der Waals surface area contributed by atoms with Crippen LogP contribution in [0.25, 0.3) is 0 Å². The number of hydrogen-bond donors (Lipinski definition) is 1. The lowest BCUT2D eigenvalue weighted by Gasteiger charge is -2.30. The molecular weight excluding hydrogens is 292 g/mol. The lowest BCUT2D eigenvalue weighted by molar-refractivity contribution is -0.137. The second-order valence-corrected chi connectivity index (χ2v) is 5.71. The summed E-state index contributed by atoms with van der Waals surface area (Å²) >= 11 is 1.65. The van der Waals surface area contributed by atoms with Crippen molar-refractivity contribution in [2.24, 2.45) is 0 Å². The molecule has 0 radical (unpaired) electrons. The standard InChI is InChI=1S/C14H20N2O4S/c1-21-10-4-11(14(18)16-5-8-19-9-6-16)15-13(17)12-3-2-7-20-12/h2-3,7,11H,4-6,8-10H2,1H3,(H,15,17)/t11-/m0/s1. The Morgan fingerprint density at radius 2 is 2.19 bits per heavy atom. The Hall–Kier alpha value is -1.47. The van der Waals surface area contributed by atoms with E-state index in [0.717, 1.165) is 5.75 Å². The summed E-state index contributed by atoms with van der Waals surface area (Å²) in [6.07, 6.45) is 4.02. The second kappa shape index (κ2) is 8.09. The Morgan fingerprint density at radius 3 is 2.81 bits per heavy atom. The van der Waals surface area contributed by atoms with Gasteiger partial charge in [-0.3, -0.25) is 9.59 Å². The van der Waals surface area contributed by atoms with Crippen molar-refractivity contribution in [1.82, 2.24) is 10.2 Å². The van der Waals surface area contributed by atoms with E-state index in [1.165, 1.54) is 6.26 Å². The third-order valence-electron chi connectivity index (χ3n) is 3.28. The summed E-state index contributed by atoms with van der Waals surface area (Å²) in [5.41, 5.74) is 0. The summed E-state index contributed by atoms with van der Waals surface area (Å²) in [6.45, 7) is 2.25. The molecule has 116 valence electrons. The molecular formula is C14H20N2O4S. The van der Waals surface area contributed by atoms with Gasteiger partial charge in [0.1, 0.15) is 6.04 Å². The van der Waals surface area contributed by atoms with Crippen LogP contribution in [0.4, 0.5) is 0 Å². The van der Waals surface area contributed by atoms with E-state index in [9.17, 15) is 9.59 Å². The number of nitrogens with one attached hydrogen (secondary N) is 1. The molecule has 21 heavy (non-hydrogen) atoms. The average molecular weight is 312 g/mol. The fourth-order valence-electron chi connectivity index (χ4n) is 2.13. The molecule has 0 aliphatic carbocycles. The van der Waals surface area contributed by atoms with Crippen LogP contribution in [0.5, 0.6) is 0 Å². The van der Waals surface area contributed by atoms with Crippen molar-refractivity contribution in [3.63, 3.8) is 0 Å². The number of amides is 2. The van der Waals surface area contributed by atoms with Gasteiger partial charge in [0.05, 0.1) is 19.5 Å². The predicted octanol–water partition coefficient (Wildman–Crippen LogP) is 0.990. The van der Waals surface area contributed by atoms with Crippen molar-refractivity contribution in [1.29, 1.82) is 0 Å². The first-order valence-electron chi connectivity index (χ1n) is 6.92. The van der Waals surface area contributed by atoms with Crippen LogP contribution in [0.2, 0.25) is 0 Å². The van der Waals surface area contributed by atoms with Crippen molar-refractivity contribution in [2.45, 2.75) is 12.5 Å². The third-order valence-corrected chi connectivity index (χ3v) is 3.93. The molecule has 2 amide bonds. The number of nitrogens with zero attached hydrogens (tertiary/aromatic N) is 1. The van der Waals surface area contributed by atoms with Crippen molar-refractivity contribution < 1.29 is 18.7 Å². The Balaban J connectivity index is 1.99. The summed E-state index contributed by atoms with van der Waals surface area (Å²) in [6, 6.07) is 2.71. The zero-order valence-electron chi connectivity index (χ0n) is 12.0. The maximum atomic E-state index is 12.5. The van der Waals surface area contributed by atoms with Gasteiger partial charge in [-0.1, -0.05) is 0 Å². The highest BCUT2D eigenvalue weighted by atomic mass is 32.2. The van der Waals surface area contributed by atoms with E-state index in [-0.39, 0.29) is 17.6 Å². The largest absolute Gasteiger partial charge is 0.459 e. The van der Waals surface area contributed by atoms with Crippen LogP contribution >= 0.6 is 11.8 Å². The fourth-order valence-corrected chi connectivity index (χ4v) is 2.61. The zero-order valence-corrected chi connectivity index (χ0v) is 12.9. The summed E-state index contributed by atoms with van der Waals surface area (Å²) in [5.74, 6) is 0.623. The Morgan fingerprint density at radius 1 is 1.43 bits per heavy atom. The summed E-state index contributed by atoms with van der Waals surface area (Å²) in [4.78, 5) is 26.3. The van der Waals surface area contributed by atoms with E-state index in [2.05, 4.69) is 5.32 Å². The highest BCUT2D eigenvalue weighted by Crippen LogP contribution is 2.09. The smallest absolute Gasteiger partial charge is 0.287 e. The topological polar surface area (TPSA) is 71.8 Å². The van der Waals surface area contributed by atoms with Gasteiger partial charge in [0.25, 0.3) is 5.91 Å². The molecule has 0 saturated carbocycles. The number of carbonyl (C=O) groups excluding carboxylic acids is 2. The highest BCUT2D eigenvalue weighted by Gasteiger charge is 2.27. The van der Waals surface area contributed by atoms with Crippen LogP contribution < -0.4 is 5.32 Å². The molecule has 1 aromatic heterocycles. The minimum Gasteiger partial charge on any atom is -0.459 e. The van der Waals surface area contributed by atoms with E-state index in [4.69, 9.17) is 9.15 Å². The summed E-state index contributed by atoms with van der Waals surface area (Å²) in [7, 11) is 0. The van der Waals surface area contributed by atoms with Gasteiger partial charge >= 0.3 is 0 Å². The lowest BCUT2D eigenvalue weighted by Crippen LogP contribution is -2.52. The van der Waals surface area contributed by atoms with Crippen LogP contribution in [0.1, 0.15) is 17.0 Å². The predicted molar refractivity (Wildman–Crippen MR) is 80.4 cm³/mol. The molecule has 1 fully saturated rings. The average Bonchev–Trinajstić information content (AvgIpc) is 3.06. The molecule has 1 aliphatic rings. The van der Waals surface area contributed by atoms with Crippen LogP contribution in [0, 0.1) is 0 Å². The van der Waals surface area contributed by atoms with Crippen LogP contribution in [-0.4, -0.2) is 61.1 Å². The first-order valence-corrected chi connectivity index (χ1v) is 8.31. The molecule has 0 aromatic carbocycles. The minimum atomic E-state index is -0.520. The van der Waals surface area contributed by atoms with Crippen molar-refractivity contribution in [3.05, 3.63) is 24.2 Å². The van der Waals surface area contributed by atoms with E-state index >= 15 is 0 Å². The number of carbonyl (C=O) groups is 2. The molecule has 0 bridgehead atoms. The first kappa shape index (κ1) is 15.9. The summed E-state index contributed by atoms with van der Waals surface area (Å²) < 4.78 is 10.3. The molecule has 2 rings (SSSR count). The number of rotatable bonds is 6. The summed E-state index contributed by atoms with van der Waals surface area (Å²) in [5, 5.41) is 2.77. The minimum absolute atomic E-state index is 0.0488. The normalized spacial score (nSPS) is 16.5. The van der Waals surface area contributed by atoms with Gasteiger partial charge in [-0.15, -0.1) is 0 Å². The van der Waals surface area contributed by atoms with Crippen LogP contribution in [-0.2, 0) is 9.53 Å². The lowest BCUT2D eigenvalue weighted by atomic mass is 10.1. The quantitative estimate of drug-likeness (QED) is 0.848. The van der Waals surface area contributed by atoms with Gasteiger partial charge in [0.15, 0.2) is 5.76 Å². The molecule has 1 atom stereocenters. The number of furan rings is 1. The second-order valence-electron chi connectivity index (χ2n) is 4.72. The van der Waals surface area contributed by atoms with Gasteiger partial charge in [-0.2, -0.15) is 11.8 Å². The van der Waals surface area contributed by atoms with Crippen LogP contribution in [0.15, 0.2) is 22.8 Å². The third kappa shape index (κ3) is 4.50. The van der Waals surface area contributed by atoms with Gasteiger partial charge in [-0.25, -0.2) is 0 Å². The first-order chi connectivity index (χ1) is 10.2. The molecule has 1 saturated heterocycles. The Kier molecular flexibility index (Phi) is 6.13. The maximum Gasteiger partial charge on any atom is 0.287 e. The molecule has 7 heteroatoms. The van der Waals surface area contributed by atoms with Gasteiger partial charge in [0, 0.05) is 13.1 Å². The van der Waals surface area contributed by atoms with Gasteiger partial charge in [-0.05, 0) is 30.6 Å². The SMILES string of the molecule is CSCC[C@H](NC(=O)c1ccco1)C(=O)N1CCOCC1. The van der Waals surface area contributed by atoms with E-state index in [1.807, 2.05) is 6.26 Å². The van der Waals surface area contributed by atoms with E-state index < -0.39 is 6.04 Å². The van der Waals surface area contributed by atoms with Gasteiger partial charge < -0.3 is 19.4 Å².